The number of Topliss-reactive ketones (excluding diaryl/α,β-unsaturated/α-hetero) is 1. The molecule has 0 N–H and O–H groups in total. The summed E-state index contributed by atoms with van der Waals surface area (Å²) in [6, 6.07) is 9.59. The second-order valence-electron chi connectivity index (χ2n) is 7.03. The fourth-order valence-electron chi connectivity index (χ4n) is 3.83. The van der Waals surface area contributed by atoms with Gasteiger partial charge in [-0.05, 0) is 61.7 Å². The summed E-state index contributed by atoms with van der Waals surface area (Å²) in [4.78, 5) is 29.3. The van der Waals surface area contributed by atoms with Crippen molar-refractivity contribution in [3.8, 4) is 11.8 Å². The quantitative estimate of drug-likeness (QED) is 0.587. The van der Waals surface area contributed by atoms with E-state index in [1.807, 2.05) is 44.2 Å². The smallest absolute Gasteiger partial charge is 0.307 e. The normalized spacial score (nSPS) is 16.4. The van der Waals surface area contributed by atoms with Crippen LogP contribution < -0.4 is 0 Å². The van der Waals surface area contributed by atoms with Crippen molar-refractivity contribution in [2.75, 3.05) is 0 Å². The van der Waals surface area contributed by atoms with Crippen molar-refractivity contribution in [1.29, 1.82) is 0 Å². The molecule has 0 fully saturated rings. The molecule has 0 spiro atoms. The number of esters is 1. The van der Waals surface area contributed by atoms with Gasteiger partial charge in [-0.15, -0.1) is 5.92 Å². The molecule has 0 aliphatic heterocycles. The lowest BCUT2D eigenvalue weighted by Crippen LogP contribution is -2.21. The van der Waals surface area contributed by atoms with Gasteiger partial charge in [-0.1, -0.05) is 12.0 Å². The fourth-order valence-corrected chi connectivity index (χ4v) is 3.83. The Hall–Kier alpha value is -3.19. The summed E-state index contributed by atoms with van der Waals surface area (Å²) in [5.74, 6) is 5.83. The number of nitrogens with zero attached hydrogens (tertiary/aromatic N) is 1. The van der Waals surface area contributed by atoms with E-state index in [4.69, 9.17) is 4.74 Å². The number of ketones is 1. The molecule has 0 amide bonds. The van der Waals surface area contributed by atoms with Crippen molar-refractivity contribution < 1.29 is 14.3 Å². The van der Waals surface area contributed by atoms with Crippen molar-refractivity contribution in [3.63, 3.8) is 0 Å². The summed E-state index contributed by atoms with van der Waals surface area (Å²) in [6.45, 7) is 7.07. The maximum absolute atomic E-state index is 13.2. The second kappa shape index (κ2) is 8.22. The average Bonchev–Trinajstić information content (AvgIpc) is 2.63. The largest absolute Gasteiger partial charge is 0.430 e. The first-order valence-corrected chi connectivity index (χ1v) is 9.30. The van der Waals surface area contributed by atoms with Crippen LogP contribution in [-0.2, 0) is 14.3 Å². The van der Waals surface area contributed by atoms with Crippen molar-refractivity contribution in [1.82, 2.24) is 4.98 Å². The van der Waals surface area contributed by atoms with E-state index in [0.29, 0.717) is 24.2 Å². The first kappa shape index (κ1) is 19.6. The van der Waals surface area contributed by atoms with Gasteiger partial charge in [-0.2, -0.15) is 0 Å². The SMILES string of the molecule is CC#Cc1cc(C)c(C2=C(OC(C)=O)CC(c3ccccn3)CC2=O)c(C)c1. The Bertz CT molecular complexity index is 1000. The predicted octanol–water partition coefficient (Wildman–Crippen LogP) is 4.49. The highest BCUT2D eigenvalue weighted by molar-refractivity contribution is 6.23. The van der Waals surface area contributed by atoms with E-state index < -0.39 is 5.97 Å². The number of hydrogen-bond acceptors (Lipinski definition) is 4. The minimum atomic E-state index is -0.425. The molecule has 1 aliphatic carbocycles. The number of pyridine rings is 1. The standard InChI is InChI=1S/C24H23NO3/c1-5-8-18-11-15(2)23(16(3)12-18)24-21(27)13-19(14-22(24)28-17(4)26)20-9-6-7-10-25-20/h6-7,9-12,19H,13-14H2,1-4H3. The van der Waals surface area contributed by atoms with Crippen LogP contribution in [0, 0.1) is 25.7 Å². The molecule has 1 unspecified atom stereocenters. The molecule has 1 aliphatic rings. The second-order valence-corrected chi connectivity index (χ2v) is 7.03. The molecular formula is C24H23NO3. The topological polar surface area (TPSA) is 56.3 Å². The van der Waals surface area contributed by atoms with Crippen LogP contribution in [-0.4, -0.2) is 16.7 Å². The van der Waals surface area contributed by atoms with Crippen LogP contribution >= 0.6 is 0 Å². The molecule has 28 heavy (non-hydrogen) atoms. The Morgan fingerprint density at radius 1 is 1.18 bits per heavy atom. The number of allylic oxidation sites excluding steroid dienone is 2. The molecule has 0 saturated carbocycles. The lowest BCUT2D eigenvalue weighted by molar-refractivity contribution is -0.137. The molecule has 3 rings (SSSR count). The Labute approximate surface area is 165 Å². The van der Waals surface area contributed by atoms with Crippen molar-refractivity contribution in [3.05, 3.63) is 70.2 Å². The lowest BCUT2D eigenvalue weighted by atomic mass is 9.80. The number of ether oxygens (including phenoxy) is 1. The molecule has 0 bridgehead atoms. The molecule has 0 saturated heterocycles. The summed E-state index contributed by atoms with van der Waals surface area (Å²) in [6.07, 6.45) is 2.52. The van der Waals surface area contributed by atoms with Crippen LogP contribution in [0.4, 0.5) is 0 Å². The Balaban J connectivity index is 2.13. The van der Waals surface area contributed by atoms with Crippen molar-refractivity contribution >= 4 is 17.3 Å². The van der Waals surface area contributed by atoms with E-state index in [9.17, 15) is 9.59 Å². The van der Waals surface area contributed by atoms with Gasteiger partial charge in [0.25, 0.3) is 0 Å². The van der Waals surface area contributed by atoms with Gasteiger partial charge in [0.2, 0.25) is 0 Å². The zero-order valence-electron chi connectivity index (χ0n) is 16.6. The van der Waals surface area contributed by atoms with Crippen LogP contribution in [0.15, 0.2) is 42.3 Å². The van der Waals surface area contributed by atoms with E-state index in [2.05, 4.69) is 16.8 Å². The summed E-state index contributed by atoms with van der Waals surface area (Å²) in [5.41, 5.74) is 4.98. The minimum absolute atomic E-state index is 0.0290. The summed E-state index contributed by atoms with van der Waals surface area (Å²) >= 11 is 0. The van der Waals surface area contributed by atoms with Crippen LogP contribution in [0.5, 0.6) is 0 Å². The third kappa shape index (κ3) is 4.04. The highest BCUT2D eigenvalue weighted by Crippen LogP contribution is 2.40. The molecule has 1 atom stereocenters. The van der Waals surface area contributed by atoms with E-state index >= 15 is 0 Å². The number of aryl methyl sites for hydroxylation is 2. The maximum Gasteiger partial charge on any atom is 0.307 e. The fraction of sp³-hybridized carbons (Fsp3) is 0.292. The Kier molecular flexibility index (Phi) is 5.75. The van der Waals surface area contributed by atoms with E-state index in [0.717, 1.165) is 27.9 Å². The zero-order valence-corrected chi connectivity index (χ0v) is 16.6. The molecule has 1 aromatic heterocycles. The van der Waals surface area contributed by atoms with Gasteiger partial charge in [0.1, 0.15) is 5.76 Å². The highest BCUT2D eigenvalue weighted by Gasteiger charge is 2.33. The monoisotopic (exact) mass is 373 g/mol. The number of aromatic nitrogens is 1. The number of hydrogen-bond donors (Lipinski definition) is 0. The molecule has 0 radical (unpaired) electrons. The number of carbonyl (C=O) groups excluding carboxylic acids is 2. The maximum atomic E-state index is 13.2. The van der Waals surface area contributed by atoms with Gasteiger partial charge >= 0.3 is 5.97 Å². The first-order valence-electron chi connectivity index (χ1n) is 9.30. The molecule has 4 nitrogen and oxygen atoms in total. The van der Waals surface area contributed by atoms with Crippen LogP contribution in [0.1, 0.15) is 60.6 Å². The van der Waals surface area contributed by atoms with Crippen LogP contribution in [0.2, 0.25) is 0 Å². The highest BCUT2D eigenvalue weighted by atomic mass is 16.5. The first-order chi connectivity index (χ1) is 13.4. The van der Waals surface area contributed by atoms with E-state index in [1.54, 1.807) is 13.1 Å². The Morgan fingerprint density at radius 2 is 1.89 bits per heavy atom. The Morgan fingerprint density at radius 3 is 2.46 bits per heavy atom. The summed E-state index contributed by atoms with van der Waals surface area (Å²) < 4.78 is 5.53. The van der Waals surface area contributed by atoms with E-state index in [1.165, 1.54) is 6.92 Å². The predicted molar refractivity (Wildman–Crippen MR) is 108 cm³/mol. The zero-order chi connectivity index (χ0) is 20.3. The van der Waals surface area contributed by atoms with Gasteiger partial charge in [0, 0.05) is 43.1 Å². The minimum Gasteiger partial charge on any atom is -0.430 e. The molecule has 2 aromatic rings. The summed E-state index contributed by atoms with van der Waals surface area (Å²) in [5, 5.41) is 0. The lowest BCUT2D eigenvalue weighted by Gasteiger charge is -2.27. The number of rotatable bonds is 3. The molecule has 1 heterocycles. The van der Waals surface area contributed by atoms with Gasteiger partial charge in [0.05, 0.1) is 5.57 Å². The summed E-state index contributed by atoms with van der Waals surface area (Å²) in [7, 11) is 0. The van der Waals surface area contributed by atoms with Gasteiger partial charge in [-0.25, -0.2) is 0 Å². The number of benzene rings is 1. The van der Waals surface area contributed by atoms with Crippen molar-refractivity contribution in [2.45, 2.75) is 46.5 Å². The van der Waals surface area contributed by atoms with E-state index in [-0.39, 0.29) is 11.7 Å². The van der Waals surface area contributed by atoms with Crippen molar-refractivity contribution in [2.24, 2.45) is 0 Å². The number of carbonyl (C=O) groups is 2. The van der Waals surface area contributed by atoms with Gasteiger partial charge in [-0.3, -0.25) is 14.6 Å². The third-order valence-electron chi connectivity index (χ3n) is 4.85. The van der Waals surface area contributed by atoms with Crippen LogP contribution in [0.25, 0.3) is 5.57 Å². The van der Waals surface area contributed by atoms with Crippen LogP contribution in [0.3, 0.4) is 0 Å². The molecule has 142 valence electrons. The molecule has 4 heteroatoms. The molecular weight excluding hydrogens is 350 g/mol. The third-order valence-corrected chi connectivity index (χ3v) is 4.85. The van der Waals surface area contributed by atoms with Gasteiger partial charge in [0.15, 0.2) is 5.78 Å². The molecule has 1 aromatic carbocycles. The van der Waals surface area contributed by atoms with Gasteiger partial charge < -0.3 is 4.74 Å². The average molecular weight is 373 g/mol.